The Morgan fingerprint density at radius 2 is 1.88 bits per heavy atom. The van der Waals surface area contributed by atoms with Crippen LogP contribution in [0.15, 0.2) is 41.2 Å². The van der Waals surface area contributed by atoms with Crippen molar-refractivity contribution in [3.05, 3.63) is 68.7 Å². The molecule has 8 heteroatoms. The molecule has 0 radical (unpaired) electrons. The smallest absolute Gasteiger partial charge is 0.259 e. The Labute approximate surface area is 203 Å². The number of rotatable bonds is 10. The molecule has 1 amide bonds. The fourth-order valence-corrected chi connectivity index (χ4v) is 5.10. The topological polar surface area (TPSA) is 94.7 Å². The van der Waals surface area contributed by atoms with E-state index in [2.05, 4.69) is 38.4 Å². The first kappa shape index (κ1) is 23.9. The predicted octanol–water partition coefficient (Wildman–Crippen LogP) is 4.80. The highest BCUT2D eigenvalue weighted by atomic mass is 32.1. The molecule has 178 valence electrons. The maximum Gasteiger partial charge on any atom is 0.259 e. The number of H-pyrrole nitrogens is 2. The second-order valence-electron chi connectivity index (χ2n) is 8.75. The summed E-state index contributed by atoms with van der Waals surface area (Å²) >= 11 is 1.53. The number of hydrogen-bond donors (Lipinski definition) is 2. The summed E-state index contributed by atoms with van der Waals surface area (Å²) in [4.78, 5) is 36.0. The van der Waals surface area contributed by atoms with Gasteiger partial charge >= 0.3 is 0 Å². The van der Waals surface area contributed by atoms with Crippen molar-refractivity contribution in [1.82, 2.24) is 25.1 Å². The quantitative estimate of drug-likeness (QED) is 0.321. The predicted molar refractivity (Wildman–Crippen MR) is 137 cm³/mol. The molecule has 0 saturated carbocycles. The lowest BCUT2D eigenvalue weighted by atomic mass is 10.1. The Kier molecular flexibility index (Phi) is 7.57. The summed E-state index contributed by atoms with van der Waals surface area (Å²) in [5.41, 5.74) is 4.10. The molecule has 0 atom stereocenters. The maximum atomic E-state index is 12.5. The second kappa shape index (κ2) is 10.8. The van der Waals surface area contributed by atoms with Crippen LogP contribution < -0.4 is 5.56 Å². The summed E-state index contributed by atoms with van der Waals surface area (Å²) in [5.74, 6) is 0.650. The molecule has 3 aromatic heterocycles. The van der Waals surface area contributed by atoms with Crippen molar-refractivity contribution in [1.29, 1.82) is 0 Å². The van der Waals surface area contributed by atoms with Crippen molar-refractivity contribution < 1.29 is 4.79 Å². The largest absolute Gasteiger partial charge is 0.346 e. The van der Waals surface area contributed by atoms with Crippen molar-refractivity contribution in [3.63, 3.8) is 0 Å². The Morgan fingerprint density at radius 1 is 1.09 bits per heavy atom. The number of thiophene rings is 1. The summed E-state index contributed by atoms with van der Waals surface area (Å²) in [6, 6.07) is 12.3. The third-order valence-corrected chi connectivity index (χ3v) is 7.33. The first-order chi connectivity index (χ1) is 16.4. The number of amides is 1. The van der Waals surface area contributed by atoms with Crippen LogP contribution in [0.2, 0.25) is 0 Å². The minimum atomic E-state index is -0.115. The number of nitrogens with zero attached hydrogens (tertiary/aromatic N) is 3. The molecular weight excluding hydrogens is 446 g/mol. The number of aryl methyl sites for hydroxylation is 4. The molecule has 3 heterocycles. The molecular formula is C26H31N5O2S. The standard InChI is InChI=1S/C26H31N5O2S/c1-17-18(2)34-26-24(17)25(33)27-22(28-26)13-14-23(32)31(3)15-9-5-8-12-20-16-21(30-29-20)19-10-6-4-7-11-19/h4,6-7,10-11,16H,5,8-9,12-15H2,1-3H3,(H,29,30)(H,27,28,33). The zero-order valence-electron chi connectivity index (χ0n) is 20.0. The molecule has 0 aliphatic carbocycles. The molecule has 0 unspecified atom stereocenters. The Bertz CT molecular complexity index is 1320. The Balaban J connectivity index is 1.18. The lowest BCUT2D eigenvalue weighted by Crippen LogP contribution is -2.28. The van der Waals surface area contributed by atoms with Crippen LogP contribution in [-0.4, -0.2) is 44.6 Å². The molecule has 0 spiro atoms. The van der Waals surface area contributed by atoms with E-state index in [-0.39, 0.29) is 11.5 Å². The maximum absolute atomic E-state index is 12.5. The van der Waals surface area contributed by atoms with E-state index in [1.807, 2.05) is 39.1 Å². The van der Waals surface area contributed by atoms with Gasteiger partial charge in [-0.05, 0) is 44.7 Å². The van der Waals surface area contributed by atoms with Crippen LogP contribution in [-0.2, 0) is 17.6 Å². The Morgan fingerprint density at radius 3 is 2.68 bits per heavy atom. The van der Waals surface area contributed by atoms with E-state index in [0.717, 1.165) is 64.5 Å². The van der Waals surface area contributed by atoms with Crippen LogP contribution in [0.4, 0.5) is 0 Å². The van der Waals surface area contributed by atoms with Gasteiger partial charge in [-0.15, -0.1) is 11.3 Å². The normalized spacial score (nSPS) is 11.3. The summed E-state index contributed by atoms with van der Waals surface area (Å²) in [6.45, 7) is 4.67. The molecule has 4 rings (SSSR count). The minimum absolute atomic E-state index is 0.0716. The van der Waals surface area contributed by atoms with Crippen LogP contribution in [0.25, 0.3) is 21.5 Å². The average molecular weight is 478 g/mol. The van der Waals surface area contributed by atoms with Gasteiger partial charge in [0.05, 0.1) is 11.1 Å². The number of fused-ring (bicyclic) bond motifs is 1. The summed E-state index contributed by atoms with van der Waals surface area (Å²) in [5, 5.41) is 8.20. The number of hydrogen-bond acceptors (Lipinski definition) is 5. The highest BCUT2D eigenvalue weighted by Crippen LogP contribution is 2.25. The summed E-state index contributed by atoms with van der Waals surface area (Å²) in [7, 11) is 1.84. The van der Waals surface area contributed by atoms with Crippen LogP contribution in [0.3, 0.4) is 0 Å². The number of nitrogens with one attached hydrogen (secondary N) is 2. The third-order valence-electron chi connectivity index (χ3n) is 6.23. The van der Waals surface area contributed by atoms with E-state index in [0.29, 0.717) is 24.1 Å². The van der Waals surface area contributed by atoms with Gasteiger partial charge in [0, 0.05) is 42.6 Å². The van der Waals surface area contributed by atoms with Crippen LogP contribution in [0, 0.1) is 13.8 Å². The fourth-order valence-electron chi connectivity index (χ4n) is 4.05. The van der Waals surface area contributed by atoms with Crippen molar-refractivity contribution in [3.8, 4) is 11.3 Å². The van der Waals surface area contributed by atoms with E-state index in [1.165, 1.54) is 11.3 Å². The number of aromatic amines is 2. The third kappa shape index (κ3) is 5.62. The summed E-state index contributed by atoms with van der Waals surface area (Å²) in [6.07, 6.45) is 4.76. The number of carbonyl (C=O) groups excluding carboxylic acids is 1. The number of aromatic nitrogens is 4. The molecule has 7 nitrogen and oxygen atoms in total. The highest BCUT2D eigenvalue weighted by Gasteiger charge is 2.14. The van der Waals surface area contributed by atoms with E-state index in [4.69, 9.17) is 0 Å². The fraction of sp³-hybridized carbons (Fsp3) is 0.385. The molecule has 0 fully saturated rings. The van der Waals surface area contributed by atoms with Crippen molar-refractivity contribution in [2.75, 3.05) is 13.6 Å². The van der Waals surface area contributed by atoms with Crippen molar-refractivity contribution in [2.24, 2.45) is 0 Å². The van der Waals surface area contributed by atoms with Gasteiger partial charge in [0.25, 0.3) is 5.56 Å². The van der Waals surface area contributed by atoms with Gasteiger partial charge in [-0.2, -0.15) is 5.10 Å². The molecule has 0 aliphatic heterocycles. The molecule has 0 saturated heterocycles. The zero-order chi connectivity index (χ0) is 24.1. The lowest BCUT2D eigenvalue weighted by molar-refractivity contribution is -0.129. The van der Waals surface area contributed by atoms with Gasteiger partial charge in [-0.3, -0.25) is 14.7 Å². The van der Waals surface area contributed by atoms with Crippen molar-refractivity contribution >= 4 is 27.5 Å². The first-order valence-electron chi connectivity index (χ1n) is 11.7. The highest BCUT2D eigenvalue weighted by molar-refractivity contribution is 7.18. The van der Waals surface area contributed by atoms with Crippen LogP contribution >= 0.6 is 11.3 Å². The van der Waals surface area contributed by atoms with Crippen LogP contribution in [0.1, 0.15) is 47.6 Å². The second-order valence-corrected chi connectivity index (χ2v) is 9.95. The van der Waals surface area contributed by atoms with Gasteiger partial charge in [-0.1, -0.05) is 36.8 Å². The molecule has 0 aliphatic rings. The van der Waals surface area contributed by atoms with E-state index < -0.39 is 0 Å². The first-order valence-corrected chi connectivity index (χ1v) is 12.6. The average Bonchev–Trinajstić information content (AvgIpc) is 3.42. The number of benzene rings is 1. The van der Waals surface area contributed by atoms with Gasteiger partial charge in [0.1, 0.15) is 10.7 Å². The summed E-state index contributed by atoms with van der Waals surface area (Å²) < 4.78 is 0. The van der Waals surface area contributed by atoms with Gasteiger partial charge in [0.15, 0.2) is 0 Å². The van der Waals surface area contributed by atoms with Gasteiger partial charge in [0.2, 0.25) is 5.91 Å². The monoisotopic (exact) mass is 477 g/mol. The van der Waals surface area contributed by atoms with Gasteiger partial charge < -0.3 is 9.88 Å². The zero-order valence-corrected chi connectivity index (χ0v) is 20.8. The molecule has 1 aromatic carbocycles. The molecule has 34 heavy (non-hydrogen) atoms. The van der Waals surface area contributed by atoms with E-state index in [1.54, 1.807) is 4.90 Å². The van der Waals surface area contributed by atoms with Gasteiger partial charge in [-0.25, -0.2) is 4.98 Å². The SMILES string of the molecule is Cc1sc2nc(CCC(=O)N(C)CCCCCc3cc(-c4ccccc4)n[nH]3)[nH]c(=O)c2c1C. The van der Waals surface area contributed by atoms with Crippen LogP contribution in [0.5, 0.6) is 0 Å². The van der Waals surface area contributed by atoms with Crippen molar-refractivity contribution in [2.45, 2.75) is 52.4 Å². The molecule has 4 aromatic rings. The van der Waals surface area contributed by atoms with E-state index >= 15 is 0 Å². The molecule has 2 N–H and O–H groups in total. The van der Waals surface area contributed by atoms with E-state index in [9.17, 15) is 9.59 Å². The number of unbranched alkanes of at least 4 members (excludes halogenated alkanes) is 2. The Hall–Kier alpha value is -3.26. The number of carbonyl (C=O) groups is 1. The lowest BCUT2D eigenvalue weighted by Gasteiger charge is -2.16. The minimum Gasteiger partial charge on any atom is -0.346 e. The molecule has 0 bridgehead atoms.